The highest BCUT2D eigenvalue weighted by atomic mass is 16.5. The van der Waals surface area contributed by atoms with Crippen LogP contribution in [0.3, 0.4) is 0 Å². The van der Waals surface area contributed by atoms with Crippen LogP contribution in [0.2, 0.25) is 0 Å². The lowest BCUT2D eigenvalue weighted by molar-refractivity contribution is -0.135. The second kappa shape index (κ2) is 13.2. The number of allylic oxidation sites excluding steroid dienone is 1. The number of pyridine rings is 1. The van der Waals surface area contributed by atoms with Gasteiger partial charge in [-0.1, -0.05) is 37.6 Å². The van der Waals surface area contributed by atoms with Gasteiger partial charge in [-0.2, -0.15) is 0 Å². The van der Waals surface area contributed by atoms with Gasteiger partial charge in [-0.3, -0.25) is 14.4 Å². The van der Waals surface area contributed by atoms with E-state index >= 15 is 0 Å². The van der Waals surface area contributed by atoms with Crippen molar-refractivity contribution in [3.05, 3.63) is 74.6 Å². The zero-order chi connectivity index (χ0) is 31.5. The lowest BCUT2D eigenvalue weighted by atomic mass is 9.83. The summed E-state index contributed by atoms with van der Waals surface area (Å²) in [6.07, 6.45) is 6.69. The van der Waals surface area contributed by atoms with E-state index in [0.717, 1.165) is 16.5 Å². The van der Waals surface area contributed by atoms with Crippen LogP contribution >= 0.6 is 0 Å². The van der Waals surface area contributed by atoms with Gasteiger partial charge in [0.05, 0.1) is 25.2 Å². The molecule has 5 rings (SSSR count). The Morgan fingerprint density at radius 1 is 1.05 bits per heavy atom. The van der Waals surface area contributed by atoms with Gasteiger partial charge in [0.2, 0.25) is 0 Å². The minimum atomic E-state index is -0.698. The molecule has 8 nitrogen and oxygen atoms in total. The van der Waals surface area contributed by atoms with Crippen LogP contribution in [0.1, 0.15) is 104 Å². The summed E-state index contributed by atoms with van der Waals surface area (Å²) in [6.45, 7) is 8.45. The smallest absolute Gasteiger partial charge is 0.342 e. The number of benzene rings is 2. The Morgan fingerprint density at radius 2 is 1.82 bits per heavy atom. The summed E-state index contributed by atoms with van der Waals surface area (Å²) in [6, 6.07) is 9.51. The third-order valence-electron chi connectivity index (χ3n) is 8.36. The first-order valence-corrected chi connectivity index (χ1v) is 15.6. The van der Waals surface area contributed by atoms with Crippen molar-refractivity contribution in [3.8, 4) is 11.5 Å². The molecule has 0 saturated heterocycles. The number of rotatable bonds is 4. The van der Waals surface area contributed by atoms with Gasteiger partial charge in [0.15, 0.2) is 0 Å². The molecule has 0 saturated carbocycles. The Bertz CT molecular complexity index is 1700. The number of hydrogen-bond donors (Lipinski definition) is 0. The number of esters is 2. The molecule has 2 aromatic carbocycles. The second-order valence-electron chi connectivity index (χ2n) is 12.4. The number of fused-ring (bicyclic) bond motifs is 3. The highest BCUT2D eigenvalue weighted by molar-refractivity contribution is 5.99. The lowest BCUT2D eigenvalue weighted by Crippen LogP contribution is -2.31. The number of ketones is 1. The van der Waals surface area contributed by atoms with Gasteiger partial charge in [0.25, 0.3) is 5.56 Å². The van der Waals surface area contributed by atoms with Crippen LogP contribution in [-0.4, -0.2) is 35.5 Å². The average molecular weight is 600 g/mol. The van der Waals surface area contributed by atoms with Gasteiger partial charge in [0.1, 0.15) is 22.8 Å². The number of Topliss-reactive ketones (excluding diaryl/α,β-unsaturated/α-hetero) is 1. The number of methoxy groups -OCH3 is 1. The van der Waals surface area contributed by atoms with E-state index in [1.165, 1.54) is 7.11 Å². The third-order valence-corrected chi connectivity index (χ3v) is 8.36. The molecule has 232 valence electrons. The van der Waals surface area contributed by atoms with Crippen LogP contribution in [0.5, 0.6) is 11.5 Å². The molecule has 0 spiro atoms. The fourth-order valence-electron chi connectivity index (χ4n) is 6.30. The molecule has 0 bridgehead atoms. The van der Waals surface area contributed by atoms with Gasteiger partial charge in [-0.15, -0.1) is 0 Å². The van der Waals surface area contributed by atoms with Crippen molar-refractivity contribution in [1.29, 1.82) is 0 Å². The van der Waals surface area contributed by atoms with Gasteiger partial charge in [0, 0.05) is 36.4 Å². The highest BCUT2D eigenvalue weighted by Crippen LogP contribution is 2.47. The van der Waals surface area contributed by atoms with Crippen LogP contribution in [0.25, 0.3) is 17.0 Å². The van der Waals surface area contributed by atoms with E-state index in [1.807, 2.05) is 44.2 Å². The summed E-state index contributed by atoms with van der Waals surface area (Å²) < 4.78 is 19.4. The number of cyclic esters (lactones) is 1. The van der Waals surface area contributed by atoms with E-state index in [1.54, 1.807) is 16.7 Å². The minimum Gasteiger partial charge on any atom is -0.495 e. The van der Waals surface area contributed by atoms with Crippen molar-refractivity contribution in [1.82, 2.24) is 4.57 Å². The van der Waals surface area contributed by atoms with Crippen LogP contribution in [0, 0.1) is 12.8 Å². The van der Waals surface area contributed by atoms with Gasteiger partial charge in [-0.05, 0) is 80.7 Å². The van der Waals surface area contributed by atoms with Crippen molar-refractivity contribution in [2.24, 2.45) is 5.92 Å². The van der Waals surface area contributed by atoms with E-state index in [4.69, 9.17) is 14.2 Å². The minimum absolute atomic E-state index is 0.0777. The van der Waals surface area contributed by atoms with E-state index in [2.05, 4.69) is 13.8 Å². The molecule has 2 aliphatic heterocycles. The van der Waals surface area contributed by atoms with E-state index in [0.29, 0.717) is 61.8 Å². The summed E-state index contributed by atoms with van der Waals surface area (Å²) >= 11 is 0. The first-order valence-electron chi connectivity index (χ1n) is 15.6. The molecule has 3 aromatic rings. The Balaban J connectivity index is 1.73. The van der Waals surface area contributed by atoms with Crippen LogP contribution in [0.15, 0.2) is 41.2 Å². The fourth-order valence-corrected chi connectivity index (χ4v) is 6.30. The van der Waals surface area contributed by atoms with Crippen molar-refractivity contribution >= 4 is 34.7 Å². The second-order valence-corrected chi connectivity index (χ2v) is 12.4. The van der Waals surface area contributed by atoms with E-state index in [9.17, 15) is 19.2 Å². The molecule has 0 amide bonds. The van der Waals surface area contributed by atoms with Crippen molar-refractivity contribution in [2.75, 3.05) is 7.11 Å². The number of ether oxygens (including phenoxy) is 3. The molecule has 0 radical (unpaired) electrons. The fraction of sp³-hybridized carbons (Fsp3) is 0.444. The van der Waals surface area contributed by atoms with E-state index in [-0.39, 0.29) is 40.7 Å². The van der Waals surface area contributed by atoms with Gasteiger partial charge < -0.3 is 18.8 Å². The maximum atomic E-state index is 14.2. The molecule has 0 N–H and O–H groups in total. The quantitative estimate of drug-likeness (QED) is 0.238. The van der Waals surface area contributed by atoms with Gasteiger partial charge >= 0.3 is 11.9 Å². The Morgan fingerprint density at radius 3 is 2.57 bits per heavy atom. The summed E-state index contributed by atoms with van der Waals surface area (Å²) in [5, 5.41) is 0.896. The molecule has 2 aliphatic rings. The van der Waals surface area contributed by atoms with Crippen LogP contribution < -0.4 is 15.0 Å². The molecule has 0 unspecified atom stereocenters. The van der Waals surface area contributed by atoms with Crippen molar-refractivity contribution in [3.63, 3.8) is 0 Å². The maximum absolute atomic E-state index is 14.2. The zero-order valence-corrected chi connectivity index (χ0v) is 26.2. The zero-order valence-electron chi connectivity index (χ0n) is 26.2. The Labute approximate surface area is 258 Å². The van der Waals surface area contributed by atoms with Crippen LogP contribution in [0.4, 0.5) is 0 Å². The lowest BCUT2D eigenvalue weighted by Gasteiger charge is -2.29. The summed E-state index contributed by atoms with van der Waals surface area (Å²) in [7, 11) is 1.47. The summed E-state index contributed by atoms with van der Waals surface area (Å²) in [5.74, 6) is -0.830. The topological polar surface area (TPSA) is 101 Å². The summed E-state index contributed by atoms with van der Waals surface area (Å²) in [4.78, 5) is 53.3. The number of aromatic nitrogens is 1. The number of carbonyl (C=O) groups excluding carboxylic acids is 3. The molecule has 2 atom stereocenters. The number of hydrogen-bond acceptors (Lipinski definition) is 7. The molecular formula is C36H41NO7. The number of aryl methyl sites for hydroxylation is 1. The van der Waals surface area contributed by atoms with Crippen molar-refractivity contribution in [2.45, 2.75) is 91.2 Å². The predicted molar refractivity (Wildman–Crippen MR) is 169 cm³/mol. The third kappa shape index (κ3) is 6.49. The first-order chi connectivity index (χ1) is 21.1. The molecule has 8 heteroatoms. The molecule has 0 fully saturated rings. The van der Waals surface area contributed by atoms with E-state index < -0.39 is 24.0 Å². The number of nitrogens with zero attached hydrogens (tertiary/aromatic N) is 1. The standard InChI is InChI=1S/C36H41NO7/c1-21(2)20-37-29-15-14-22(3)16-25(29)17-28(35(37)40)27-19-31(39)44-30-18-24-11-7-6-8-12-26(38)13-9-10-23(4)43-36(41)32(24)34(42-5)33(27)30/h7,11,14-18,21,23,27H,6,8-10,12-13,19-20H2,1-5H3/t23-,27+/m1/s1. The maximum Gasteiger partial charge on any atom is 0.342 e. The van der Waals surface area contributed by atoms with Crippen LogP contribution in [-0.2, 0) is 20.9 Å². The summed E-state index contributed by atoms with van der Waals surface area (Å²) in [5.41, 5.74) is 3.34. The average Bonchev–Trinajstić information content (AvgIpc) is 2.96. The SMILES string of the molecule is COc1c2c(cc3c1[C@H](c1cc4cc(C)ccc4n(CC(C)C)c1=O)CC(=O)O3)C=CCCCC(=O)CCC[C@@H](C)OC2=O. The van der Waals surface area contributed by atoms with Gasteiger partial charge in [-0.25, -0.2) is 4.79 Å². The monoisotopic (exact) mass is 599 g/mol. The Hall–Kier alpha value is -4.20. The first kappa shape index (κ1) is 31.2. The van der Waals surface area contributed by atoms with Crippen molar-refractivity contribution < 1.29 is 28.6 Å². The molecule has 0 aliphatic carbocycles. The highest BCUT2D eigenvalue weighted by Gasteiger charge is 2.37. The molecular weight excluding hydrogens is 558 g/mol. The molecule has 3 heterocycles. The number of carbonyl (C=O) groups is 3. The predicted octanol–water partition coefficient (Wildman–Crippen LogP) is 6.90. The Kier molecular flexibility index (Phi) is 9.37. The molecule has 44 heavy (non-hydrogen) atoms. The normalized spacial score (nSPS) is 19.6. The largest absolute Gasteiger partial charge is 0.495 e. The molecule has 1 aromatic heterocycles.